The summed E-state index contributed by atoms with van der Waals surface area (Å²) in [6, 6.07) is 2.01. The Morgan fingerprint density at radius 3 is 2.82 bits per heavy atom. The van der Waals surface area contributed by atoms with Crippen LogP contribution in [0.15, 0.2) is 17.3 Å². The molecule has 1 aromatic rings. The molecule has 0 atom stereocenters. The summed E-state index contributed by atoms with van der Waals surface area (Å²) in [5, 5.41) is 10.9. The second kappa shape index (κ2) is 8.75. The highest BCUT2D eigenvalue weighted by Crippen LogP contribution is 2.00. The van der Waals surface area contributed by atoms with Crippen LogP contribution >= 0.6 is 0 Å². The van der Waals surface area contributed by atoms with E-state index in [4.69, 9.17) is 0 Å². The molecule has 1 aliphatic rings. The minimum Gasteiger partial charge on any atom is -0.355 e. The third-order valence-electron chi connectivity index (χ3n) is 4.12. The van der Waals surface area contributed by atoms with Gasteiger partial charge in [-0.3, -0.25) is 9.67 Å². The van der Waals surface area contributed by atoms with Crippen LogP contribution in [-0.4, -0.2) is 78.9 Å². The third kappa shape index (κ3) is 5.31. The SMILES string of the molecule is CN=C(NCCN1CCCN(C)CC1)NCc1ccnn1C. The van der Waals surface area contributed by atoms with E-state index < -0.39 is 0 Å². The predicted octanol–water partition coefficient (Wildman–Crippen LogP) is -0.277. The van der Waals surface area contributed by atoms with Crippen molar-refractivity contribution in [2.45, 2.75) is 13.0 Å². The van der Waals surface area contributed by atoms with Gasteiger partial charge in [0.25, 0.3) is 0 Å². The van der Waals surface area contributed by atoms with Crippen LogP contribution in [0.1, 0.15) is 12.1 Å². The van der Waals surface area contributed by atoms with Crippen molar-refractivity contribution >= 4 is 5.96 Å². The number of rotatable bonds is 5. The first-order valence-electron chi connectivity index (χ1n) is 8.01. The standard InChI is InChI=1S/C15H29N7/c1-16-15(18-13-14-5-6-19-21(14)3)17-7-10-22-9-4-8-20(2)11-12-22/h5-6H,4,7-13H2,1-3H3,(H2,16,17,18). The highest BCUT2D eigenvalue weighted by Gasteiger charge is 2.11. The molecule has 1 aliphatic heterocycles. The first-order chi connectivity index (χ1) is 10.7. The fraction of sp³-hybridized carbons (Fsp3) is 0.733. The number of guanidine groups is 1. The molecule has 7 heteroatoms. The minimum absolute atomic E-state index is 0.727. The van der Waals surface area contributed by atoms with Crippen LogP contribution in [0.4, 0.5) is 0 Å². The van der Waals surface area contributed by atoms with Gasteiger partial charge in [-0.15, -0.1) is 0 Å². The summed E-state index contributed by atoms with van der Waals surface area (Å²) in [6.45, 7) is 7.40. The molecule has 0 unspecified atom stereocenters. The number of nitrogens with one attached hydrogen (secondary N) is 2. The van der Waals surface area contributed by atoms with E-state index in [9.17, 15) is 0 Å². The maximum absolute atomic E-state index is 4.27. The lowest BCUT2D eigenvalue weighted by Gasteiger charge is -2.21. The summed E-state index contributed by atoms with van der Waals surface area (Å²) in [7, 11) is 5.95. The molecule has 2 rings (SSSR count). The fourth-order valence-electron chi connectivity index (χ4n) is 2.63. The Morgan fingerprint density at radius 1 is 1.23 bits per heavy atom. The molecule has 0 saturated carbocycles. The summed E-state index contributed by atoms with van der Waals surface area (Å²) in [5.41, 5.74) is 1.14. The van der Waals surface area contributed by atoms with E-state index in [0.29, 0.717) is 0 Å². The molecule has 1 aromatic heterocycles. The molecule has 2 N–H and O–H groups in total. The van der Waals surface area contributed by atoms with Crippen molar-refractivity contribution in [3.05, 3.63) is 18.0 Å². The monoisotopic (exact) mass is 307 g/mol. The molecule has 0 radical (unpaired) electrons. The zero-order valence-corrected chi connectivity index (χ0v) is 14.0. The van der Waals surface area contributed by atoms with Gasteiger partial charge in [-0.25, -0.2) is 0 Å². The first kappa shape index (κ1) is 16.8. The Bertz CT molecular complexity index is 468. The number of aryl methyl sites for hydroxylation is 1. The van der Waals surface area contributed by atoms with Crippen LogP contribution in [0.5, 0.6) is 0 Å². The second-order valence-corrected chi connectivity index (χ2v) is 5.80. The van der Waals surface area contributed by atoms with Gasteiger partial charge in [0.1, 0.15) is 0 Å². The summed E-state index contributed by atoms with van der Waals surface area (Å²) in [6.07, 6.45) is 3.06. The highest BCUT2D eigenvalue weighted by atomic mass is 15.3. The average Bonchev–Trinajstić information content (AvgIpc) is 2.80. The van der Waals surface area contributed by atoms with E-state index in [1.165, 1.54) is 19.5 Å². The van der Waals surface area contributed by atoms with Crippen LogP contribution in [0, 0.1) is 0 Å². The van der Waals surface area contributed by atoms with Crippen LogP contribution in [0.3, 0.4) is 0 Å². The van der Waals surface area contributed by atoms with Crippen molar-refractivity contribution in [1.82, 2.24) is 30.2 Å². The molecule has 0 bridgehead atoms. The first-order valence-corrected chi connectivity index (χ1v) is 8.01. The molecule has 7 nitrogen and oxygen atoms in total. The Balaban J connectivity index is 1.67. The van der Waals surface area contributed by atoms with Crippen molar-refractivity contribution in [2.75, 3.05) is 53.4 Å². The summed E-state index contributed by atoms with van der Waals surface area (Å²) in [4.78, 5) is 9.19. The Kier molecular flexibility index (Phi) is 6.67. The number of hydrogen-bond acceptors (Lipinski definition) is 4. The normalized spacial score (nSPS) is 18.2. The number of aliphatic imine (C=N–C) groups is 1. The molecule has 2 heterocycles. The predicted molar refractivity (Wildman–Crippen MR) is 90.0 cm³/mol. The molecule has 22 heavy (non-hydrogen) atoms. The molecular weight excluding hydrogens is 278 g/mol. The number of hydrogen-bond donors (Lipinski definition) is 2. The van der Waals surface area contributed by atoms with Crippen molar-refractivity contribution in [1.29, 1.82) is 0 Å². The summed E-state index contributed by atoms with van der Waals surface area (Å²) >= 11 is 0. The van der Waals surface area contributed by atoms with Crippen LogP contribution in [0.25, 0.3) is 0 Å². The Hall–Kier alpha value is -1.60. The minimum atomic E-state index is 0.727. The molecule has 1 saturated heterocycles. The lowest BCUT2D eigenvalue weighted by atomic mass is 10.4. The van der Waals surface area contributed by atoms with Gasteiger partial charge in [-0.1, -0.05) is 0 Å². The maximum atomic E-state index is 4.27. The van der Waals surface area contributed by atoms with Crippen LogP contribution in [-0.2, 0) is 13.6 Å². The molecule has 124 valence electrons. The van der Waals surface area contributed by atoms with Crippen LogP contribution < -0.4 is 10.6 Å². The third-order valence-corrected chi connectivity index (χ3v) is 4.12. The van der Waals surface area contributed by atoms with E-state index in [1.807, 2.05) is 24.0 Å². The van der Waals surface area contributed by atoms with E-state index in [0.717, 1.165) is 44.4 Å². The molecular formula is C15H29N7. The molecule has 0 aromatic carbocycles. The lowest BCUT2D eigenvalue weighted by molar-refractivity contribution is 0.280. The number of nitrogens with zero attached hydrogens (tertiary/aromatic N) is 5. The van der Waals surface area contributed by atoms with Gasteiger partial charge in [0.2, 0.25) is 0 Å². The van der Waals surface area contributed by atoms with E-state index >= 15 is 0 Å². The quantitative estimate of drug-likeness (QED) is 0.579. The van der Waals surface area contributed by atoms with E-state index in [2.05, 4.69) is 37.6 Å². The van der Waals surface area contributed by atoms with Gasteiger partial charge < -0.3 is 20.4 Å². The fourth-order valence-corrected chi connectivity index (χ4v) is 2.63. The van der Waals surface area contributed by atoms with Gasteiger partial charge in [0, 0.05) is 46.5 Å². The second-order valence-electron chi connectivity index (χ2n) is 5.80. The van der Waals surface area contributed by atoms with Crippen molar-refractivity contribution in [3.63, 3.8) is 0 Å². The van der Waals surface area contributed by atoms with Crippen molar-refractivity contribution in [3.8, 4) is 0 Å². The molecule has 1 fully saturated rings. The topological polar surface area (TPSA) is 60.7 Å². The highest BCUT2D eigenvalue weighted by molar-refractivity contribution is 5.79. The van der Waals surface area contributed by atoms with Gasteiger partial charge in [0.05, 0.1) is 12.2 Å². The maximum Gasteiger partial charge on any atom is 0.191 e. The molecule has 0 aliphatic carbocycles. The molecule has 0 amide bonds. The Labute approximate surface area is 133 Å². The number of likely N-dealkylation sites (N-methyl/N-ethyl adjacent to an activating group) is 1. The lowest BCUT2D eigenvalue weighted by Crippen LogP contribution is -2.42. The van der Waals surface area contributed by atoms with Crippen molar-refractivity contribution < 1.29 is 0 Å². The summed E-state index contributed by atoms with van der Waals surface area (Å²) in [5.74, 6) is 0.841. The van der Waals surface area contributed by atoms with Gasteiger partial charge in [0.15, 0.2) is 5.96 Å². The smallest absolute Gasteiger partial charge is 0.191 e. The summed E-state index contributed by atoms with van der Waals surface area (Å²) < 4.78 is 1.87. The van der Waals surface area contributed by atoms with E-state index in [-0.39, 0.29) is 0 Å². The average molecular weight is 307 g/mol. The van der Waals surface area contributed by atoms with Crippen molar-refractivity contribution in [2.24, 2.45) is 12.0 Å². The van der Waals surface area contributed by atoms with Gasteiger partial charge in [-0.05, 0) is 32.6 Å². The van der Waals surface area contributed by atoms with Gasteiger partial charge >= 0.3 is 0 Å². The van der Waals surface area contributed by atoms with E-state index in [1.54, 1.807) is 7.05 Å². The van der Waals surface area contributed by atoms with Gasteiger partial charge in [-0.2, -0.15) is 5.10 Å². The van der Waals surface area contributed by atoms with Crippen LogP contribution in [0.2, 0.25) is 0 Å². The molecule has 0 spiro atoms. The zero-order chi connectivity index (χ0) is 15.8. The zero-order valence-electron chi connectivity index (χ0n) is 14.0. The number of aromatic nitrogens is 2. The Morgan fingerprint density at radius 2 is 2.09 bits per heavy atom. The largest absolute Gasteiger partial charge is 0.355 e.